The van der Waals surface area contributed by atoms with E-state index in [0.717, 1.165) is 27.5 Å². The third kappa shape index (κ3) is 1.61. The fraction of sp³-hybridized carbons (Fsp3) is 0.250. The number of carbonyl (C=O) groups excluding carboxylic acids is 1. The van der Waals surface area contributed by atoms with E-state index in [-0.39, 0.29) is 11.4 Å². The average Bonchev–Trinajstić information content (AvgIpc) is 2.69. The molecule has 0 aliphatic carbocycles. The molecule has 2 aromatic heterocycles. The molecule has 4 heteroatoms. The Kier molecular flexibility index (Phi) is 2.57. The molecular formula is C16H14O4. The number of ketones is 1. The highest BCUT2D eigenvalue weighted by atomic mass is 16.4. The molecular weight excluding hydrogens is 256 g/mol. The van der Waals surface area contributed by atoms with Crippen LogP contribution in [0.5, 0.6) is 0 Å². The lowest BCUT2D eigenvalue weighted by Gasteiger charge is -2.04. The highest BCUT2D eigenvalue weighted by molar-refractivity contribution is 6.04. The van der Waals surface area contributed by atoms with Gasteiger partial charge in [-0.2, -0.15) is 0 Å². The van der Waals surface area contributed by atoms with E-state index < -0.39 is 0 Å². The Morgan fingerprint density at radius 2 is 1.60 bits per heavy atom. The number of hydrogen-bond acceptors (Lipinski definition) is 4. The minimum absolute atomic E-state index is 0.111. The largest absolute Gasteiger partial charge is 0.452 e. The monoisotopic (exact) mass is 270 g/mol. The van der Waals surface area contributed by atoms with Crippen molar-refractivity contribution in [1.82, 2.24) is 0 Å². The second-order valence-corrected chi connectivity index (χ2v) is 5.12. The van der Waals surface area contributed by atoms with E-state index in [1.165, 1.54) is 13.0 Å². The van der Waals surface area contributed by atoms with Gasteiger partial charge in [0, 0.05) is 34.9 Å². The van der Waals surface area contributed by atoms with Crippen LogP contribution in [0.25, 0.3) is 21.9 Å². The van der Waals surface area contributed by atoms with Gasteiger partial charge in [0.25, 0.3) is 0 Å². The maximum Gasteiger partial charge on any atom is 0.336 e. The van der Waals surface area contributed by atoms with Gasteiger partial charge >= 0.3 is 5.63 Å². The normalized spacial score (nSPS) is 11.4. The Hall–Kier alpha value is -2.36. The first-order valence-electron chi connectivity index (χ1n) is 6.38. The lowest BCUT2D eigenvalue weighted by atomic mass is 10.0. The number of rotatable bonds is 1. The highest BCUT2D eigenvalue weighted by Crippen LogP contribution is 2.34. The maximum atomic E-state index is 11.6. The first-order valence-corrected chi connectivity index (χ1v) is 6.38. The molecule has 3 aromatic rings. The van der Waals surface area contributed by atoms with Gasteiger partial charge in [-0.1, -0.05) is 0 Å². The van der Waals surface area contributed by atoms with E-state index in [4.69, 9.17) is 8.83 Å². The van der Waals surface area contributed by atoms with Gasteiger partial charge in [0.1, 0.15) is 11.2 Å². The molecule has 0 radical (unpaired) electrons. The molecule has 0 N–H and O–H groups in total. The molecule has 0 unspecified atom stereocenters. The number of benzene rings is 1. The topological polar surface area (TPSA) is 60.4 Å². The van der Waals surface area contributed by atoms with Crippen molar-refractivity contribution in [2.75, 3.05) is 0 Å². The number of fused-ring (bicyclic) bond motifs is 2. The number of hydrogen-bond donors (Lipinski definition) is 0. The number of furan rings is 1. The van der Waals surface area contributed by atoms with Crippen LogP contribution >= 0.6 is 0 Å². The Morgan fingerprint density at radius 1 is 0.950 bits per heavy atom. The number of aryl methyl sites for hydroxylation is 3. The first-order chi connectivity index (χ1) is 9.40. The average molecular weight is 270 g/mol. The van der Waals surface area contributed by atoms with Crippen molar-refractivity contribution >= 4 is 27.7 Å². The van der Waals surface area contributed by atoms with Crippen molar-refractivity contribution in [2.24, 2.45) is 0 Å². The van der Waals surface area contributed by atoms with Gasteiger partial charge < -0.3 is 8.83 Å². The summed E-state index contributed by atoms with van der Waals surface area (Å²) in [6.45, 7) is 7.04. The SMILES string of the molecule is CC(=O)c1oc2c(C)c3oc(=O)cc(C)c3cc2c1C. The summed E-state index contributed by atoms with van der Waals surface area (Å²) in [6, 6.07) is 3.39. The van der Waals surface area contributed by atoms with E-state index in [9.17, 15) is 9.59 Å². The van der Waals surface area contributed by atoms with E-state index in [1.807, 2.05) is 26.8 Å². The summed E-state index contributed by atoms with van der Waals surface area (Å²) < 4.78 is 11.0. The molecule has 0 spiro atoms. The summed E-state index contributed by atoms with van der Waals surface area (Å²) in [5.41, 5.74) is 3.16. The zero-order chi connectivity index (χ0) is 14.6. The lowest BCUT2D eigenvalue weighted by Crippen LogP contribution is -1.99. The molecule has 0 aliphatic heterocycles. The quantitative estimate of drug-likeness (QED) is 0.500. The predicted molar refractivity (Wildman–Crippen MR) is 76.5 cm³/mol. The molecule has 20 heavy (non-hydrogen) atoms. The Labute approximate surface area is 115 Å². The molecule has 0 fully saturated rings. The molecule has 0 saturated carbocycles. The van der Waals surface area contributed by atoms with Gasteiger partial charge in [-0.3, -0.25) is 4.79 Å². The van der Waals surface area contributed by atoms with Crippen LogP contribution in [0.2, 0.25) is 0 Å². The molecule has 0 bridgehead atoms. The van der Waals surface area contributed by atoms with Crippen LogP contribution in [0.15, 0.2) is 25.8 Å². The Bertz CT molecular complexity index is 925. The molecule has 3 rings (SSSR count). The van der Waals surface area contributed by atoms with E-state index >= 15 is 0 Å². The second kappa shape index (κ2) is 4.07. The van der Waals surface area contributed by atoms with Crippen molar-refractivity contribution < 1.29 is 13.6 Å². The summed E-state index contributed by atoms with van der Waals surface area (Å²) in [4.78, 5) is 23.1. The lowest BCUT2D eigenvalue weighted by molar-refractivity contribution is 0.0988. The van der Waals surface area contributed by atoms with Gasteiger partial charge in [-0.15, -0.1) is 0 Å². The van der Waals surface area contributed by atoms with Gasteiger partial charge in [0.2, 0.25) is 0 Å². The van der Waals surface area contributed by atoms with Gasteiger partial charge in [0.05, 0.1) is 0 Å². The summed E-state index contributed by atoms with van der Waals surface area (Å²) >= 11 is 0. The molecule has 0 aliphatic rings. The van der Waals surface area contributed by atoms with Gasteiger partial charge in [-0.25, -0.2) is 4.79 Å². The van der Waals surface area contributed by atoms with Crippen LogP contribution in [0.4, 0.5) is 0 Å². The third-order valence-electron chi connectivity index (χ3n) is 3.69. The Balaban J connectivity index is 2.58. The molecule has 0 amide bonds. The molecule has 0 saturated heterocycles. The van der Waals surface area contributed by atoms with Crippen LogP contribution < -0.4 is 5.63 Å². The van der Waals surface area contributed by atoms with E-state index in [1.54, 1.807) is 0 Å². The highest BCUT2D eigenvalue weighted by Gasteiger charge is 2.19. The fourth-order valence-corrected chi connectivity index (χ4v) is 2.64. The van der Waals surface area contributed by atoms with Crippen LogP contribution in [-0.4, -0.2) is 5.78 Å². The van der Waals surface area contributed by atoms with Crippen LogP contribution in [0, 0.1) is 20.8 Å². The van der Waals surface area contributed by atoms with Crippen molar-refractivity contribution in [3.63, 3.8) is 0 Å². The van der Waals surface area contributed by atoms with Gasteiger partial charge in [-0.05, 0) is 32.4 Å². The second-order valence-electron chi connectivity index (χ2n) is 5.12. The van der Waals surface area contributed by atoms with Crippen LogP contribution in [0.1, 0.15) is 34.2 Å². The van der Waals surface area contributed by atoms with Gasteiger partial charge in [0.15, 0.2) is 11.5 Å². The molecule has 102 valence electrons. The maximum absolute atomic E-state index is 11.6. The van der Waals surface area contributed by atoms with E-state index in [2.05, 4.69) is 0 Å². The molecule has 1 aromatic carbocycles. The molecule has 0 atom stereocenters. The minimum Gasteiger partial charge on any atom is -0.452 e. The molecule has 2 heterocycles. The fourth-order valence-electron chi connectivity index (χ4n) is 2.64. The number of Topliss-reactive ketones (excluding diaryl/α,β-unsaturated/α-hetero) is 1. The zero-order valence-electron chi connectivity index (χ0n) is 11.8. The standard InChI is InChI=1S/C16H14O4/c1-7-5-13(18)19-15-9(3)16-12(6-11(7)15)8(2)14(20-16)10(4)17/h5-6H,1-4H3. The summed E-state index contributed by atoms with van der Waals surface area (Å²) in [7, 11) is 0. The van der Waals surface area contributed by atoms with Crippen LogP contribution in [-0.2, 0) is 0 Å². The number of carbonyl (C=O) groups is 1. The van der Waals surface area contributed by atoms with Crippen molar-refractivity contribution in [2.45, 2.75) is 27.7 Å². The zero-order valence-corrected chi connectivity index (χ0v) is 11.8. The van der Waals surface area contributed by atoms with Crippen molar-refractivity contribution in [1.29, 1.82) is 0 Å². The van der Waals surface area contributed by atoms with Crippen molar-refractivity contribution in [3.05, 3.63) is 45.0 Å². The summed E-state index contributed by atoms with van der Waals surface area (Å²) in [5, 5.41) is 1.76. The smallest absolute Gasteiger partial charge is 0.336 e. The minimum atomic E-state index is -0.382. The summed E-state index contributed by atoms with van der Waals surface area (Å²) in [6.07, 6.45) is 0. The van der Waals surface area contributed by atoms with Crippen molar-refractivity contribution in [3.8, 4) is 0 Å². The summed E-state index contributed by atoms with van der Waals surface area (Å²) in [5.74, 6) is 0.249. The van der Waals surface area contributed by atoms with E-state index in [0.29, 0.717) is 16.9 Å². The third-order valence-corrected chi connectivity index (χ3v) is 3.69. The molecule has 4 nitrogen and oxygen atoms in total. The van der Waals surface area contributed by atoms with Crippen LogP contribution in [0.3, 0.4) is 0 Å². The Morgan fingerprint density at radius 3 is 2.25 bits per heavy atom. The first kappa shape index (κ1) is 12.7. The predicted octanol–water partition coefficient (Wildman–Crippen LogP) is 3.67.